The molecule has 25 heavy (non-hydrogen) atoms. The molecule has 1 heterocycles. The normalized spacial score (nSPS) is 12.4. The zero-order valence-corrected chi connectivity index (χ0v) is 14.8. The summed E-state index contributed by atoms with van der Waals surface area (Å²) in [7, 11) is 0. The minimum Gasteiger partial charge on any atom is -0.329 e. The number of benzene rings is 2. The summed E-state index contributed by atoms with van der Waals surface area (Å²) in [5, 5.41) is 5.34. The maximum atomic E-state index is 11.7. The lowest BCUT2D eigenvalue weighted by Gasteiger charge is -2.14. The van der Waals surface area contributed by atoms with Crippen LogP contribution < -0.4 is 10.9 Å². The van der Waals surface area contributed by atoms with E-state index in [4.69, 9.17) is 0 Å². The predicted octanol–water partition coefficient (Wildman–Crippen LogP) is 4.42. The first-order valence-corrected chi connectivity index (χ1v) is 9.10. The van der Waals surface area contributed by atoms with Crippen molar-refractivity contribution >= 4 is 10.8 Å². The highest BCUT2D eigenvalue weighted by Crippen LogP contribution is 2.13. The third-order valence-electron chi connectivity index (χ3n) is 4.69. The highest BCUT2D eigenvalue weighted by molar-refractivity contribution is 5.81. The number of pyridine rings is 1. The molecule has 0 aliphatic heterocycles. The van der Waals surface area contributed by atoms with E-state index in [9.17, 15) is 4.79 Å². The summed E-state index contributed by atoms with van der Waals surface area (Å²) in [6.07, 6.45) is 6.51. The van der Waals surface area contributed by atoms with E-state index in [1.54, 1.807) is 6.20 Å². The lowest BCUT2D eigenvalue weighted by molar-refractivity contribution is 0.489. The van der Waals surface area contributed by atoms with Crippen molar-refractivity contribution in [2.75, 3.05) is 0 Å². The molecule has 0 bridgehead atoms. The molecule has 1 atom stereocenters. The van der Waals surface area contributed by atoms with Crippen LogP contribution in [0.1, 0.15) is 37.3 Å². The van der Waals surface area contributed by atoms with Crippen LogP contribution in [0.25, 0.3) is 10.8 Å². The average molecular weight is 334 g/mol. The number of aromatic nitrogens is 1. The van der Waals surface area contributed by atoms with E-state index in [1.807, 2.05) is 18.2 Å². The number of rotatable bonds is 8. The van der Waals surface area contributed by atoms with Crippen LogP contribution in [0, 0.1) is 0 Å². The first-order chi connectivity index (χ1) is 12.2. The smallest absolute Gasteiger partial charge is 0.255 e. The molecule has 3 aromatic rings. The van der Waals surface area contributed by atoms with Crippen molar-refractivity contribution in [3.8, 4) is 0 Å². The standard InChI is InChI=1S/C22H26N2O/c1-17(7-5-6-10-18-8-3-2-4-9-18)24-16-19-11-12-21-20(15-19)13-14-23-22(21)25/h2-4,8-9,11-15,17,24H,5-7,10,16H2,1H3,(H,23,25)/t17-/m1/s1. The zero-order chi connectivity index (χ0) is 17.5. The number of fused-ring (bicyclic) bond motifs is 1. The van der Waals surface area contributed by atoms with Gasteiger partial charge < -0.3 is 10.3 Å². The molecule has 0 aliphatic carbocycles. The van der Waals surface area contributed by atoms with Gasteiger partial charge in [0, 0.05) is 24.2 Å². The van der Waals surface area contributed by atoms with Gasteiger partial charge in [-0.1, -0.05) is 42.8 Å². The van der Waals surface area contributed by atoms with Crippen LogP contribution in [0.2, 0.25) is 0 Å². The van der Waals surface area contributed by atoms with Crippen molar-refractivity contribution in [2.45, 2.75) is 45.2 Å². The maximum Gasteiger partial charge on any atom is 0.255 e. The van der Waals surface area contributed by atoms with Gasteiger partial charge in [0.2, 0.25) is 0 Å². The van der Waals surface area contributed by atoms with Gasteiger partial charge in [0.1, 0.15) is 0 Å². The molecule has 2 N–H and O–H groups in total. The van der Waals surface area contributed by atoms with E-state index < -0.39 is 0 Å². The second-order valence-electron chi connectivity index (χ2n) is 6.74. The van der Waals surface area contributed by atoms with Crippen LogP contribution in [-0.2, 0) is 13.0 Å². The SMILES string of the molecule is C[C@H](CCCCc1ccccc1)NCc1ccc2c(=O)[nH]ccc2c1. The molecule has 3 rings (SSSR count). The molecule has 2 aromatic carbocycles. The molecule has 0 saturated carbocycles. The van der Waals surface area contributed by atoms with Crippen molar-refractivity contribution in [1.82, 2.24) is 10.3 Å². The summed E-state index contributed by atoms with van der Waals surface area (Å²) in [5.74, 6) is 0. The van der Waals surface area contributed by atoms with Crippen molar-refractivity contribution < 1.29 is 0 Å². The Morgan fingerprint density at radius 1 is 1.00 bits per heavy atom. The van der Waals surface area contributed by atoms with E-state index in [-0.39, 0.29) is 5.56 Å². The van der Waals surface area contributed by atoms with E-state index in [1.165, 1.54) is 30.4 Å². The van der Waals surface area contributed by atoms with Gasteiger partial charge in [-0.3, -0.25) is 4.79 Å². The molecular weight excluding hydrogens is 308 g/mol. The Kier molecular flexibility index (Phi) is 6.02. The minimum absolute atomic E-state index is 0.0243. The average Bonchev–Trinajstić information content (AvgIpc) is 2.64. The summed E-state index contributed by atoms with van der Waals surface area (Å²) in [4.78, 5) is 14.4. The lowest BCUT2D eigenvalue weighted by Crippen LogP contribution is -2.25. The van der Waals surface area contributed by atoms with Crippen molar-refractivity contribution in [1.29, 1.82) is 0 Å². The van der Waals surface area contributed by atoms with Crippen molar-refractivity contribution in [3.63, 3.8) is 0 Å². The molecular formula is C22H26N2O. The van der Waals surface area contributed by atoms with Crippen LogP contribution in [0.5, 0.6) is 0 Å². The van der Waals surface area contributed by atoms with E-state index in [0.717, 1.165) is 23.7 Å². The Hall–Kier alpha value is -2.39. The van der Waals surface area contributed by atoms with Crippen LogP contribution in [0.4, 0.5) is 0 Å². The number of nitrogens with one attached hydrogen (secondary N) is 2. The van der Waals surface area contributed by atoms with Gasteiger partial charge in [-0.05, 0) is 60.9 Å². The maximum absolute atomic E-state index is 11.7. The number of unbranched alkanes of at least 4 members (excludes halogenated alkanes) is 1. The zero-order valence-electron chi connectivity index (χ0n) is 14.8. The number of hydrogen-bond acceptors (Lipinski definition) is 2. The Morgan fingerprint density at radius 2 is 1.84 bits per heavy atom. The van der Waals surface area contributed by atoms with Crippen molar-refractivity contribution in [2.24, 2.45) is 0 Å². The second-order valence-corrected chi connectivity index (χ2v) is 6.74. The lowest BCUT2D eigenvalue weighted by atomic mass is 10.0. The predicted molar refractivity (Wildman–Crippen MR) is 105 cm³/mol. The molecule has 1 aromatic heterocycles. The van der Waals surface area contributed by atoms with Gasteiger partial charge >= 0.3 is 0 Å². The van der Waals surface area contributed by atoms with Crippen molar-refractivity contribution in [3.05, 3.63) is 82.3 Å². The van der Waals surface area contributed by atoms with Gasteiger partial charge in [0.05, 0.1) is 0 Å². The molecule has 0 amide bonds. The van der Waals surface area contributed by atoms with E-state index in [2.05, 4.69) is 53.6 Å². The first kappa shape index (κ1) is 17.4. The van der Waals surface area contributed by atoms with Gasteiger partial charge in [-0.15, -0.1) is 0 Å². The Bertz CT molecular complexity index is 855. The van der Waals surface area contributed by atoms with Gasteiger partial charge in [-0.2, -0.15) is 0 Å². The number of aryl methyl sites for hydroxylation is 1. The largest absolute Gasteiger partial charge is 0.329 e. The minimum atomic E-state index is -0.0243. The topological polar surface area (TPSA) is 44.9 Å². The summed E-state index contributed by atoms with van der Waals surface area (Å²) < 4.78 is 0. The van der Waals surface area contributed by atoms with E-state index in [0.29, 0.717) is 6.04 Å². The van der Waals surface area contributed by atoms with Gasteiger partial charge in [0.15, 0.2) is 0 Å². The molecule has 0 fully saturated rings. The summed E-state index contributed by atoms with van der Waals surface area (Å²) >= 11 is 0. The fourth-order valence-electron chi connectivity index (χ4n) is 3.17. The highest BCUT2D eigenvalue weighted by atomic mass is 16.1. The third-order valence-corrected chi connectivity index (χ3v) is 4.69. The van der Waals surface area contributed by atoms with Crippen LogP contribution >= 0.6 is 0 Å². The van der Waals surface area contributed by atoms with Crippen LogP contribution in [0.15, 0.2) is 65.6 Å². The second kappa shape index (κ2) is 8.63. The monoisotopic (exact) mass is 334 g/mol. The Balaban J connectivity index is 1.43. The fourth-order valence-corrected chi connectivity index (χ4v) is 3.17. The van der Waals surface area contributed by atoms with Crippen LogP contribution in [0.3, 0.4) is 0 Å². The number of hydrogen-bond donors (Lipinski definition) is 2. The highest BCUT2D eigenvalue weighted by Gasteiger charge is 2.04. The summed E-state index contributed by atoms with van der Waals surface area (Å²) in [6.45, 7) is 3.08. The Labute approximate surface area is 149 Å². The molecule has 130 valence electrons. The quantitative estimate of drug-likeness (QED) is 0.599. The Morgan fingerprint density at radius 3 is 2.68 bits per heavy atom. The molecule has 0 unspecified atom stereocenters. The molecule has 0 aliphatic rings. The van der Waals surface area contributed by atoms with Crippen LogP contribution in [-0.4, -0.2) is 11.0 Å². The fraction of sp³-hybridized carbons (Fsp3) is 0.318. The summed E-state index contributed by atoms with van der Waals surface area (Å²) in [6, 6.07) is 19.2. The molecule has 0 saturated heterocycles. The number of H-pyrrole nitrogens is 1. The molecule has 3 heteroatoms. The summed E-state index contributed by atoms with van der Waals surface area (Å²) in [5.41, 5.74) is 2.62. The third kappa shape index (κ3) is 5.04. The van der Waals surface area contributed by atoms with Gasteiger partial charge in [0.25, 0.3) is 5.56 Å². The molecule has 3 nitrogen and oxygen atoms in total. The van der Waals surface area contributed by atoms with Gasteiger partial charge in [-0.25, -0.2) is 0 Å². The molecule has 0 spiro atoms. The first-order valence-electron chi connectivity index (χ1n) is 9.10. The molecule has 0 radical (unpaired) electrons. The number of aromatic amines is 1. The van der Waals surface area contributed by atoms with E-state index >= 15 is 0 Å².